The molecular weight excluding hydrogens is 402 g/mol. The number of nitrogen functional groups attached to an aromatic ring is 1. The molecule has 11 nitrogen and oxygen atoms in total. The van der Waals surface area contributed by atoms with Crippen molar-refractivity contribution in [2.45, 2.75) is 43.7 Å². The number of rotatable bonds is 5. The number of carbonyl (C=O) groups is 1. The molecule has 0 radical (unpaired) electrons. The first-order valence-corrected chi connectivity index (χ1v) is 10.1. The van der Waals surface area contributed by atoms with Crippen LogP contribution in [0, 0.1) is 0 Å². The van der Waals surface area contributed by atoms with E-state index in [-0.39, 0.29) is 24.5 Å². The van der Waals surface area contributed by atoms with E-state index in [4.69, 9.17) is 10.5 Å². The molecule has 162 valence electrons. The number of ether oxygens (including phenoxy) is 1. The normalized spacial score (nSPS) is 23.2. The minimum absolute atomic E-state index is 0.221. The van der Waals surface area contributed by atoms with E-state index in [1.54, 1.807) is 35.2 Å². The average Bonchev–Trinajstić information content (AvgIpc) is 3.32. The number of aliphatic hydroxyl groups excluding tert-OH is 2. The van der Waals surface area contributed by atoms with Crippen molar-refractivity contribution in [2.75, 3.05) is 17.7 Å². The smallest absolute Gasteiger partial charge is 0.319 e. The molecule has 0 unspecified atom stereocenters. The van der Waals surface area contributed by atoms with Crippen LogP contribution in [0.3, 0.4) is 0 Å². The van der Waals surface area contributed by atoms with E-state index < -0.39 is 18.4 Å². The lowest BCUT2D eigenvalue weighted by Crippen LogP contribution is -2.30. The number of aromatic nitrogens is 4. The van der Waals surface area contributed by atoms with E-state index in [2.05, 4.69) is 25.6 Å². The van der Waals surface area contributed by atoms with Crippen LogP contribution in [0.15, 0.2) is 30.6 Å². The molecule has 31 heavy (non-hydrogen) atoms. The van der Waals surface area contributed by atoms with Crippen molar-refractivity contribution in [1.29, 1.82) is 0 Å². The van der Waals surface area contributed by atoms with Gasteiger partial charge in [-0.1, -0.05) is 0 Å². The highest BCUT2D eigenvalue weighted by Crippen LogP contribution is 2.32. The maximum absolute atomic E-state index is 11.9. The number of fused-ring (bicyclic) bond motifs is 1. The molecule has 1 aliphatic carbocycles. The molecule has 1 saturated heterocycles. The van der Waals surface area contributed by atoms with Gasteiger partial charge in [-0.15, -0.1) is 0 Å². The zero-order valence-electron chi connectivity index (χ0n) is 16.6. The van der Waals surface area contributed by atoms with E-state index in [9.17, 15) is 15.0 Å². The molecule has 3 aromatic rings. The number of imidazole rings is 1. The summed E-state index contributed by atoms with van der Waals surface area (Å²) in [5.74, 6) is 0.625. The van der Waals surface area contributed by atoms with Gasteiger partial charge in [0.15, 0.2) is 17.3 Å². The fourth-order valence-electron chi connectivity index (χ4n) is 3.61. The van der Waals surface area contributed by atoms with Gasteiger partial charge in [-0.05, 0) is 37.1 Å². The molecule has 0 bridgehead atoms. The Morgan fingerprint density at radius 1 is 1.26 bits per heavy atom. The van der Waals surface area contributed by atoms with Crippen LogP contribution in [0.25, 0.3) is 22.6 Å². The first-order chi connectivity index (χ1) is 15.0. The number of anilines is 2. The number of nitrogens with zero attached hydrogens (tertiary/aromatic N) is 4. The largest absolute Gasteiger partial charge is 0.394 e. The molecule has 2 amide bonds. The Bertz CT molecular complexity index is 1110. The molecule has 1 saturated carbocycles. The van der Waals surface area contributed by atoms with Gasteiger partial charge in [0.25, 0.3) is 0 Å². The highest BCUT2D eigenvalue weighted by molar-refractivity contribution is 5.90. The van der Waals surface area contributed by atoms with Crippen molar-refractivity contribution in [3.05, 3.63) is 30.6 Å². The predicted octanol–water partition coefficient (Wildman–Crippen LogP) is 1.00. The first kappa shape index (κ1) is 19.7. The summed E-state index contributed by atoms with van der Waals surface area (Å²) in [5.41, 5.74) is 8.40. The Kier molecular flexibility index (Phi) is 4.93. The zero-order chi connectivity index (χ0) is 21.5. The molecule has 1 aliphatic heterocycles. The summed E-state index contributed by atoms with van der Waals surface area (Å²) < 4.78 is 7.41. The number of nitrogens with two attached hydrogens (primary N) is 1. The van der Waals surface area contributed by atoms with Crippen LogP contribution < -0.4 is 16.4 Å². The highest BCUT2D eigenvalue weighted by Gasteiger charge is 2.35. The van der Waals surface area contributed by atoms with Gasteiger partial charge in [0.1, 0.15) is 17.8 Å². The van der Waals surface area contributed by atoms with Crippen LogP contribution in [0.5, 0.6) is 0 Å². The Balaban J connectivity index is 1.40. The van der Waals surface area contributed by atoms with Crippen LogP contribution >= 0.6 is 0 Å². The molecule has 3 atom stereocenters. The predicted molar refractivity (Wildman–Crippen MR) is 112 cm³/mol. The van der Waals surface area contributed by atoms with E-state index in [0.717, 1.165) is 18.4 Å². The molecule has 2 aromatic heterocycles. The highest BCUT2D eigenvalue weighted by atomic mass is 16.5. The molecule has 6 N–H and O–H groups in total. The third-order valence-corrected chi connectivity index (χ3v) is 5.46. The van der Waals surface area contributed by atoms with Crippen LogP contribution in [0.2, 0.25) is 0 Å². The van der Waals surface area contributed by atoms with Gasteiger partial charge in [0, 0.05) is 23.7 Å². The molecule has 11 heteroatoms. The Morgan fingerprint density at radius 2 is 2.03 bits per heavy atom. The van der Waals surface area contributed by atoms with Gasteiger partial charge in [-0.25, -0.2) is 19.7 Å². The quantitative estimate of drug-likeness (QED) is 0.405. The summed E-state index contributed by atoms with van der Waals surface area (Å²) in [7, 11) is 0. The van der Waals surface area contributed by atoms with Gasteiger partial charge in [-0.2, -0.15) is 0 Å². The summed E-state index contributed by atoms with van der Waals surface area (Å²) in [6, 6.07) is 7.19. The summed E-state index contributed by atoms with van der Waals surface area (Å²) in [6.45, 7) is -0.272. The lowest BCUT2D eigenvalue weighted by atomic mass is 10.2. The maximum Gasteiger partial charge on any atom is 0.319 e. The summed E-state index contributed by atoms with van der Waals surface area (Å²) in [6.07, 6.45) is 1.95. The second kappa shape index (κ2) is 7.76. The number of aliphatic hydroxyl groups is 2. The number of hydrogen-bond donors (Lipinski definition) is 5. The van der Waals surface area contributed by atoms with Crippen LogP contribution in [0.4, 0.5) is 16.3 Å². The lowest BCUT2D eigenvalue weighted by molar-refractivity contribution is -0.0432. The second-order valence-electron chi connectivity index (χ2n) is 7.82. The molecule has 5 rings (SSSR count). The van der Waals surface area contributed by atoms with E-state index in [1.807, 2.05) is 0 Å². The number of amides is 2. The summed E-state index contributed by atoms with van der Waals surface area (Å²) in [4.78, 5) is 25.1. The Hall–Kier alpha value is -3.28. The van der Waals surface area contributed by atoms with Crippen molar-refractivity contribution in [3.8, 4) is 11.4 Å². The zero-order valence-corrected chi connectivity index (χ0v) is 16.6. The third-order valence-electron chi connectivity index (χ3n) is 5.46. The lowest BCUT2D eigenvalue weighted by Gasteiger charge is -2.14. The van der Waals surface area contributed by atoms with Crippen LogP contribution in [0.1, 0.15) is 25.5 Å². The molecular formula is C20H23N7O4. The number of carbonyl (C=O) groups excluding carboxylic acids is 1. The summed E-state index contributed by atoms with van der Waals surface area (Å²) >= 11 is 0. The van der Waals surface area contributed by atoms with Gasteiger partial charge in [0.2, 0.25) is 0 Å². The SMILES string of the molecule is Nc1nc(-c2ccc(NC(=O)NC3CC3)cc2)nc2c1ncn2[C@H]1C[C@@H](O)[C@@H](CO)O1. The van der Waals surface area contributed by atoms with E-state index in [1.165, 1.54) is 0 Å². The minimum Gasteiger partial charge on any atom is -0.394 e. The number of hydrogen-bond acceptors (Lipinski definition) is 8. The number of benzene rings is 1. The van der Waals surface area contributed by atoms with E-state index >= 15 is 0 Å². The van der Waals surface area contributed by atoms with Gasteiger partial charge >= 0.3 is 6.03 Å². The van der Waals surface area contributed by atoms with E-state index in [0.29, 0.717) is 29.1 Å². The van der Waals surface area contributed by atoms with Gasteiger partial charge in [0.05, 0.1) is 19.0 Å². The monoisotopic (exact) mass is 425 g/mol. The second-order valence-corrected chi connectivity index (χ2v) is 7.82. The Labute approximate surface area is 177 Å². The summed E-state index contributed by atoms with van der Waals surface area (Å²) in [5, 5.41) is 25.1. The molecule has 0 spiro atoms. The standard InChI is InChI=1S/C20H23N7O4/c21-17-16-19(27(9-22-16)15-7-13(29)14(8-28)31-15)26-18(25-17)10-1-3-11(4-2-10)23-20(30)24-12-5-6-12/h1-4,9,12-15,28-29H,5-8H2,(H2,21,25,26)(H2,23,24,30)/t13-,14-,15-/m1/s1. The van der Waals surface area contributed by atoms with Crippen molar-refractivity contribution in [3.63, 3.8) is 0 Å². The topological polar surface area (TPSA) is 160 Å². The van der Waals surface area contributed by atoms with Crippen LogP contribution in [-0.4, -0.2) is 60.6 Å². The Morgan fingerprint density at radius 3 is 2.71 bits per heavy atom. The van der Waals surface area contributed by atoms with Crippen molar-refractivity contribution in [2.24, 2.45) is 0 Å². The average molecular weight is 425 g/mol. The van der Waals surface area contributed by atoms with Crippen LogP contribution in [-0.2, 0) is 4.74 Å². The molecule has 2 aliphatic rings. The first-order valence-electron chi connectivity index (χ1n) is 10.1. The number of nitrogens with one attached hydrogen (secondary N) is 2. The van der Waals surface area contributed by atoms with Gasteiger partial charge in [-0.3, -0.25) is 4.57 Å². The fraction of sp³-hybridized carbons (Fsp3) is 0.400. The van der Waals surface area contributed by atoms with Crippen molar-refractivity contribution < 1.29 is 19.7 Å². The number of urea groups is 1. The minimum atomic E-state index is -0.775. The van der Waals surface area contributed by atoms with Crippen molar-refractivity contribution >= 4 is 28.7 Å². The third kappa shape index (κ3) is 3.90. The molecule has 1 aromatic carbocycles. The molecule has 3 heterocycles. The van der Waals surface area contributed by atoms with Crippen molar-refractivity contribution in [1.82, 2.24) is 24.8 Å². The molecule has 2 fully saturated rings. The van der Waals surface area contributed by atoms with Gasteiger partial charge < -0.3 is 31.3 Å². The maximum atomic E-state index is 11.9. The fourth-order valence-corrected chi connectivity index (χ4v) is 3.61.